The summed E-state index contributed by atoms with van der Waals surface area (Å²) in [7, 11) is 1.35. The van der Waals surface area contributed by atoms with Gasteiger partial charge in [0, 0.05) is 12.6 Å². The van der Waals surface area contributed by atoms with Crippen LogP contribution < -0.4 is 0 Å². The van der Waals surface area contributed by atoms with Crippen LogP contribution in [0, 0.1) is 11.6 Å². The number of nitrogens with zero attached hydrogens (tertiary/aromatic N) is 1. The molecule has 1 aromatic rings. The van der Waals surface area contributed by atoms with E-state index < -0.39 is 17.5 Å². The Kier molecular flexibility index (Phi) is 3.06. The van der Waals surface area contributed by atoms with Crippen molar-refractivity contribution in [2.24, 2.45) is 4.99 Å². The Morgan fingerprint density at radius 2 is 1.93 bits per heavy atom. The summed E-state index contributed by atoms with van der Waals surface area (Å²) in [6.45, 7) is 3.04. The second kappa shape index (κ2) is 4.09. The van der Waals surface area contributed by atoms with Crippen LogP contribution in [0.5, 0.6) is 0 Å². The number of aliphatic imine (C=N–C) groups is 1. The van der Waals surface area contributed by atoms with E-state index in [4.69, 9.17) is 0 Å². The van der Waals surface area contributed by atoms with Gasteiger partial charge in [-0.2, -0.15) is 0 Å². The van der Waals surface area contributed by atoms with E-state index >= 15 is 0 Å². The Labute approximate surface area is 79.6 Å². The first kappa shape index (κ1) is 10.5. The number of allylic oxidation sites excluding steroid dienone is 1. The van der Waals surface area contributed by atoms with Crippen molar-refractivity contribution in [3.05, 3.63) is 47.8 Å². The third-order valence-electron chi connectivity index (χ3n) is 1.67. The van der Waals surface area contributed by atoms with Gasteiger partial charge in [-0.1, -0.05) is 6.58 Å². The van der Waals surface area contributed by atoms with Crippen LogP contribution in [0.2, 0.25) is 0 Å². The second-order valence-corrected chi connectivity index (χ2v) is 2.61. The maximum absolute atomic E-state index is 12.8. The topological polar surface area (TPSA) is 12.4 Å². The molecule has 0 bridgehead atoms. The van der Waals surface area contributed by atoms with Crippen LogP contribution in [0.15, 0.2) is 35.6 Å². The molecule has 1 nitrogen and oxygen atoms in total. The first-order chi connectivity index (χ1) is 6.56. The standard InChI is InChI=1S/C10H8F3N/c1-6(11)10(14-2)7-3-4-8(12)9(13)5-7/h3-5H,1H2,2H3. The molecule has 0 atom stereocenters. The molecule has 0 aliphatic carbocycles. The van der Waals surface area contributed by atoms with E-state index in [0.29, 0.717) is 0 Å². The van der Waals surface area contributed by atoms with E-state index in [9.17, 15) is 13.2 Å². The minimum atomic E-state index is -1.04. The van der Waals surface area contributed by atoms with Gasteiger partial charge in [-0.05, 0) is 18.2 Å². The molecule has 0 spiro atoms. The van der Waals surface area contributed by atoms with E-state index in [1.165, 1.54) is 13.1 Å². The summed E-state index contributed by atoms with van der Waals surface area (Å²) in [6.07, 6.45) is 0. The Balaban J connectivity index is 3.20. The lowest BCUT2D eigenvalue weighted by molar-refractivity contribution is 0.508. The zero-order valence-electron chi connectivity index (χ0n) is 7.52. The van der Waals surface area contributed by atoms with Gasteiger partial charge in [0.25, 0.3) is 0 Å². The molecule has 0 saturated heterocycles. The smallest absolute Gasteiger partial charge is 0.159 e. The molecule has 0 fully saturated rings. The fourth-order valence-corrected chi connectivity index (χ4v) is 1.05. The van der Waals surface area contributed by atoms with Gasteiger partial charge in [-0.25, -0.2) is 13.2 Å². The summed E-state index contributed by atoms with van der Waals surface area (Å²) in [5.74, 6) is -2.79. The molecule has 14 heavy (non-hydrogen) atoms. The Bertz CT molecular complexity index is 396. The van der Waals surface area contributed by atoms with Crippen LogP contribution in [0.25, 0.3) is 0 Å². The molecular formula is C10H8F3N. The fraction of sp³-hybridized carbons (Fsp3) is 0.100. The number of hydrogen-bond donors (Lipinski definition) is 0. The maximum atomic E-state index is 12.8. The Morgan fingerprint density at radius 1 is 1.29 bits per heavy atom. The third-order valence-corrected chi connectivity index (χ3v) is 1.67. The molecule has 0 saturated carbocycles. The minimum absolute atomic E-state index is 0.0797. The van der Waals surface area contributed by atoms with E-state index in [-0.39, 0.29) is 11.3 Å². The van der Waals surface area contributed by atoms with Crippen LogP contribution >= 0.6 is 0 Å². The summed E-state index contributed by atoms with van der Waals surface area (Å²) >= 11 is 0. The zero-order chi connectivity index (χ0) is 10.7. The lowest BCUT2D eigenvalue weighted by Crippen LogP contribution is -2.02. The molecule has 0 aliphatic heterocycles. The van der Waals surface area contributed by atoms with Gasteiger partial charge in [-0.15, -0.1) is 0 Å². The van der Waals surface area contributed by atoms with Gasteiger partial charge >= 0.3 is 0 Å². The summed E-state index contributed by atoms with van der Waals surface area (Å²) in [4.78, 5) is 3.58. The quantitative estimate of drug-likeness (QED) is 0.649. The molecule has 0 amide bonds. The van der Waals surface area contributed by atoms with Crippen molar-refractivity contribution in [2.75, 3.05) is 7.05 Å². The summed E-state index contributed by atoms with van der Waals surface area (Å²) in [6, 6.07) is 3.03. The number of halogens is 3. The molecule has 0 aliphatic rings. The number of hydrogen-bond acceptors (Lipinski definition) is 1. The molecule has 0 aromatic heterocycles. The third kappa shape index (κ3) is 2.02. The molecule has 0 radical (unpaired) electrons. The predicted molar refractivity (Wildman–Crippen MR) is 49.1 cm³/mol. The average Bonchev–Trinajstić information content (AvgIpc) is 2.11. The molecule has 1 rings (SSSR count). The highest BCUT2D eigenvalue weighted by Crippen LogP contribution is 2.13. The summed E-state index contributed by atoms with van der Waals surface area (Å²) < 4.78 is 38.0. The van der Waals surface area contributed by atoms with Crippen molar-refractivity contribution in [3.63, 3.8) is 0 Å². The van der Waals surface area contributed by atoms with E-state index in [0.717, 1.165) is 12.1 Å². The molecule has 0 N–H and O–H groups in total. The Hall–Kier alpha value is -1.58. The summed E-state index contributed by atoms with van der Waals surface area (Å²) in [5, 5.41) is 0. The zero-order valence-corrected chi connectivity index (χ0v) is 7.52. The van der Waals surface area contributed by atoms with Crippen molar-refractivity contribution in [3.8, 4) is 0 Å². The van der Waals surface area contributed by atoms with E-state index in [1.807, 2.05) is 0 Å². The van der Waals surface area contributed by atoms with E-state index in [2.05, 4.69) is 11.6 Å². The van der Waals surface area contributed by atoms with Crippen molar-refractivity contribution in [1.29, 1.82) is 0 Å². The van der Waals surface area contributed by atoms with Crippen molar-refractivity contribution < 1.29 is 13.2 Å². The largest absolute Gasteiger partial charge is 0.285 e. The van der Waals surface area contributed by atoms with Crippen molar-refractivity contribution in [2.45, 2.75) is 0 Å². The minimum Gasteiger partial charge on any atom is -0.285 e. The maximum Gasteiger partial charge on any atom is 0.159 e. The molecule has 4 heteroatoms. The number of benzene rings is 1. The van der Waals surface area contributed by atoms with Crippen molar-refractivity contribution >= 4 is 5.71 Å². The van der Waals surface area contributed by atoms with Gasteiger partial charge in [0.1, 0.15) is 5.83 Å². The Morgan fingerprint density at radius 3 is 2.36 bits per heavy atom. The monoisotopic (exact) mass is 199 g/mol. The SMILES string of the molecule is C=C(F)C(=NC)c1ccc(F)c(F)c1. The summed E-state index contributed by atoms with van der Waals surface area (Å²) in [5.41, 5.74) is 0.0859. The van der Waals surface area contributed by atoms with Crippen LogP contribution in [-0.4, -0.2) is 12.8 Å². The normalized spacial score (nSPS) is 11.6. The highest BCUT2D eigenvalue weighted by atomic mass is 19.2. The van der Waals surface area contributed by atoms with Crippen LogP contribution in [0.1, 0.15) is 5.56 Å². The van der Waals surface area contributed by atoms with Crippen LogP contribution in [-0.2, 0) is 0 Å². The van der Waals surface area contributed by atoms with E-state index in [1.54, 1.807) is 0 Å². The number of rotatable bonds is 2. The predicted octanol–water partition coefficient (Wildman–Crippen LogP) is 2.87. The van der Waals surface area contributed by atoms with Gasteiger partial charge < -0.3 is 0 Å². The van der Waals surface area contributed by atoms with Gasteiger partial charge in [0.2, 0.25) is 0 Å². The first-order valence-electron chi connectivity index (χ1n) is 3.83. The van der Waals surface area contributed by atoms with Gasteiger partial charge in [-0.3, -0.25) is 4.99 Å². The second-order valence-electron chi connectivity index (χ2n) is 2.61. The highest BCUT2D eigenvalue weighted by molar-refractivity contribution is 6.10. The first-order valence-corrected chi connectivity index (χ1v) is 3.83. The molecule has 74 valence electrons. The van der Waals surface area contributed by atoms with Gasteiger partial charge in [0.05, 0.1) is 5.71 Å². The lowest BCUT2D eigenvalue weighted by Gasteiger charge is -2.02. The molecule has 0 unspecified atom stereocenters. The van der Waals surface area contributed by atoms with Gasteiger partial charge in [0.15, 0.2) is 11.6 Å². The highest BCUT2D eigenvalue weighted by Gasteiger charge is 2.09. The fourth-order valence-electron chi connectivity index (χ4n) is 1.05. The van der Waals surface area contributed by atoms with Crippen molar-refractivity contribution in [1.82, 2.24) is 0 Å². The lowest BCUT2D eigenvalue weighted by atomic mass is 10.1. The molecular weight excluding hydrogens is 191 g/mol. The van der Waals surface area contributed by atoms with Crippen LogP contribution in [0.4, 0.5) is 13.2 Å². The average molecular weight is 199 g/mol. The molecule has 1 aromatic carbocycles. The molecule has 0 heterocycles. The van der Waals surface area contributed by atoms with Crippen LogP contribution in [0.3, 0.4) is 0 Å².